The molecule has 0 aliphatic carbocycles. The Morgan fingerprint density at radius 2 is 1.82 bits per heavy atom. The molecule has 1 aromatic carbocycles. The molecule has 0 atom stereocenters. The zero-order valence-electron chi connectivity index (χ0n) is 12.8. The predicted molar refractivity (Wildman–Crippen MR) is 94.5 cm³/mol. The van der Waals surface area contributed by atoms with Crippen LogP contribution in [0.15, 0.2) is 48.1 Å². The SMILES string of the molecule is CC(C)(C)c1ccncc1-c1nc(-c2ccccc2Cl)cs1. The number of thiazole rings is 1. The maximum Gasteiger partial charge on any atom is 0.125 e. The predicted octanol–water partition coefficient (Wildman–Crippen LogP) is 5.82. The van der Waals surface area contributed by atoms with Gasteiger partial charge in [-0.05, 0) is 23.1 Å². The van der Waals surface area contributed by atoms with Gasteiger partial charge in [0.05, 0.1) is 5.69 Å². The van der Waals surface area contributed by atoms with Crippen LogP contribution in [0.1, 0.15) is 26.3 Å². The van der Waals surface area contributed by atoms with Crippen molar-refractivity contribution in [3.8, 4) is 21.8 Å². The van der Waals surface area contributed by atoms with Gasteiger partial charge in [0.2, 0.25) is 0 Å². The van der Waals surface area contributed by atoms with E-state index in [1.807, 2.05) is 36.7 Å². The van der Waals surface area contributed by atoms with Crippen molar-refractivity contribution in [1.29, 1.82) is 0 Å². The van der Waals surface area contributed by atoms with E-state index in [9.17, 15) is 0 Å². The van der Waals surface area contributed by atoms with Gasteiger partial charge in [0.15, 0.2) is 0 Å². The summed E-state index contributed by atoms with van der Waals surface area (Å²) in [7, 11) is 0. The van der Waals surface area contributed by atoms with Crippen molar-refractivity contribution in [1.82, 2.24) is 9.97 Å². The van der Waals surface area contributed by atoms with E-state index in [0.717, 1.165) is 26.9 Å². The molecule has 0 unspecified atom stereocenters. The van der Waals surface area contributed by atoms with Crippen LogP contribution >= 0.6 is 22.9 Å². The summed E-state index contributed by atoms with van der Waals surface area (Å²) in [5, 5.41) is 3.75. The molecule has 0 fully saturated rings. The molecule has 2 nitrogen and oxygen atoms in total. The Kier molecular flexibility index (Phi) is 4.02. The highest BCUT2D eigenvalue weighted by atomic mass is 35.5. The number of hydrogen-bond acceptors (Lipinski definition) is 3. The van der Waals surface area contributed by atoms with Gasteiger partial charge in [-0.2, -0.15) is 0 Å². The van der Waals surface area contributed by atoms with Crippen molar-refractivity contribution in [2.45, 2.75) is 26.2 Å². The van der Waals surface area contributed by atoms with E-state index in [1.165, 1.54) is 5.56 Å². The fourth-order valence-corrected chi connectivity index (χ4v) is 3.49. The number of aromatic nitrogens is 2. The second-order valence-electron chi connectivity index (χ2n) is 6.19. The summed E-state index contributed by atoms with van der Waals surface area (Å²) in [6.45, 7) is 6.61. The summed E-state index contributed by atoms with van der Waals surface area (Å²) in [6.07, 6.45) is 3.74. The highest BCUT2D eigenvalue weighted by Crippen LogP contribution is 2.36. The van der Waals surface area contributed by atoms with E-state index in [4.69, 9.17) is 16.6 Å². The third kappa shape index (κ3) is 2.92. The minimum Gasteiger partial charge on any atom is -0.264 e. The Morgan fingerprint density at radius 1 is 1.05 bits per heavy atom. The van der Waals surface area contributed by atoms with Gasteiger partial charge in [-0.25, -0.2) is 4.98 Å². The Hall–Kier alpha value is -1.71. The van der Waals surface area contributed by atoms with Crippen LogP contribution in [0.25, 0.3) is 21.8 Å². The van der Waals surface area contributed by atoms with Crippen molar-refractivity contribution in [2.75, 3.05) is 0 Å². The van der Waals surface area contributed by atoms with Gasteiger partial charge in [-0.15, -0.1) is 11.3 Å². The standard InChI is InChI=1S/C18H17ClN2S/c1-18(2,3)14-8-9-20-10-13(14)17-21-16(11-22-17)12-6-4-5-7-15(12)19/h4-11H,1-3H3. The van der Waals surface area contributed by atoms with Crippen molar-refractivity contribution in [2.24, 2.45) is 0 Å². The lowest BCUT2D eigenvalue weighted by molar-refractivity contribution is 0.591. The first kappa shape index (κ1) is 15.2. The van der Waals surface area contributed by atoms with Gasteiger partial charge in [-0.3, -0.25) is 4.98 Å². The lowest BCUT2D eigenvalue weighted by Crippen LogP contribution is -2.12. The molecule has 3 rings (SSSR count). The maximum absolute atomic E-state index is 6.27. The highest BCUT2D eigenvalue weighted by molar-refractivity contribution is 7.13. The van der Waals surface area contributed by atoms with Crippen molar-refractivity contribution < 1.29 is 0 Å². The third-order valence-corrected chi connectivity index (χ3v) is 4.72. The molecule has 22 heavy (non-hydrogen) atoms. The Labute approximate surface area is 139 Å². The van der Waals surface area contributed by atoms with Crippen LogP contribution < -0.4 is 0 Å². The quantitative estimate of drug-likeness (QED) is 0.592. The van der Waals surface area contributed by atoms with Gasteiger partial charge in [0.25, 0.3) is 0 Å². The molecule has 0 N–H and O–H groups in total. The average molecular weight is 329 g/mol. The molecule has 0 amide bonds. The molecule has 0 radical (unpaired) electrons. The zero-order valence-corrected chi connectivity index (χ0v) is 14.4. The second-order valence-corrected chi connectivity index (χ2v) is 7.45. The van der Waals surface area contributed by atoms with E-state index in [-0.39, 0.29) is 5.41 Å². The van der Waals surface area contributed by atoms with E-state index < -0.39 is 0 Å². The lowest BCUT2D eigenvalue weighted by Gasteiger charge is -2.21. The molecule has 0 aliphatic heterocycles. The first-order valence-electron chi connectivity index (χ1n) is 7.12. The average Bonchev–Trinajstić information content (AvgIpc) is 2.96. The van der Waals surface area contributed by atoms with Crippen LogP contribution in [0.5, 0.6) is 0 Å². The van der Waals surface area contributed by atoms with Gasteiger partial charge >= 0.3 is 0 Å². The minimum atomic E-state index is 0.0501. The number of rotatable bonds is 2. The third-order valence-electron chi connectivity index (χ3n) is 3.51. The van der Waals surface area contributed by atoms with Gasteiger partial charge in [0, 0.05) is 33.9 Å². The summed E-state index contributed by atoms with van der Waals surface area (Å²) in [4.78, 5) is 9.06. The summed E-state index contributed by atoms with van der Waals surface area (Å²) >= 11 is 7.90. The Bertz CT molecular complexity index is 803. The van der Waals surface area contributed by atoms with E-state index in [2.05, 4.69) is 37.2 Å². The molecule has 2 aromatic heterocycles. The number of pyridine rings is 1. The summed E-state index contributed by atoms with van der Waals surface area (Å²) in [5.41, 5.74) is 4.28. The Balaban J connectivity index is 2.08. The molecular weight excluding hydrogens is 312 g/mol. The lowest BCUT2D eigenvalue weighted by atomic mass is 9.85. The molecule has 0 spiro atoms. The van der Waals surface area contributed by atoms with Crippen LogP contribution in [0, 0.1) is 0 Å². The monoisotopic (exact) mass is 328 g/mol. The van der Waals surface area contributed by atoms with Crippen molar-refractivity contribution in [3.05, 3.63) is 58.7 Å². The van der Waals surface area contributed by atoms with Crippen LogP contribution in [-0.4, -0.2) is 9.97 Å². The first-order valence-corrected chi connectivity index (χ1v) is 8.38. The van der Waals surface area contributed by atoms with Gasteiger partial charge < -0.3 is 0 Å². The Morgan fingerprint density at radius 3 is 2.55 bits per heavy atom. The minimum absolute atomic E-state index is 0.0501. The van der Waals surface area contributed by atoms with Crippen molar-refractivity contribution >= 4 is 22.9 Å². The van der Waals surface area contributed by atoms with Crippen LogP contribution in [0.2, 0.25) is 5.02 Å². The zero-order chi connectivity index (χ0) is 15.7. The molecule has 0 aliphatic rings. The topological polar surface area (TPSA) is 25.8 Å². The van der Waals surface area contributed by atoms with Gasteiger partial charge in [-0.1, -0.05) is 50.6 Å². The van der Waals surface area contributed by atoms with Gasteiger partial charge in [0.1, 0.15) is 5.01 Å². The molecule has 4 heteroatoms. The first-order chi connectivity index (χ1) is 10.5. The fourth-order valence-electron chi connectivity index (χ4n) is 2.41. The molecule has 0 bridgehead atoms. The molecule has 2 heterocycles. The number of hydrogen-bond donors (Lipinski definition) is 0. The van der Waals surface area contributed by atoms with E-state index >= 15 is 0 Å². The van der Waals surface area contributed by atoms with Crippen LogP contribution in [0.3, 0.4) is 0 Å². The summed E-state index contributed by atoms with van der Waals surface area (Å²) in [5.74, 6) is 0. The molecule has 0 saturated carbocycles. The normalized spacial score (nSPS) is 11.6. The number of halogens is 1. The van der Waals surface area contributed by atoms with Crippen LogP contribution in [0.4, 0.5) is 0 Å². The highest BCUT2D eigenvalue weighted by Gasteiger charge is 2.20. The van der Waals surface area contributed by atoms with E-state index in [0.29, 0.717) is 0 Å². The molecule has 3 aromatic rings. The van der Waals surface area contributed by atoms with E-state index in [1.54, 1.807) is 11.3 Å². The molecule has 112 valence electrons. The summed E-state index contributed by atoms with van der Waals surface area (Å²) < 4.78 is 0. The number of benzene rings is 1. The second kappa shape index (κ2) is 5.82. The molecular formula is C18H17ClN2S. The van der Waals surface area contributed by atoms with Crippen molar-refractivity contribution in [3.63, 3.8) is 0 Å². The maximum atomic E-state index is 6.27. The number of nitrogens with zero attached hydrogens (tertiary/aromatic N) is 2. The summed E-state index contributed by atoms with van der Waals surface area (Å²) in [6, 6.07) is 9.87. The smallest absolute Gasteiger partial charge is 0.125 e. The fraction of sp³-hybridized carbons (Fsp3) is 0.222. The largest absolute Gasteiger partial charge is 0.264 e. The van der Waals surface area contributed by atoms with Crippen LogP contribution in [-0.2, 0) is 5.41 Å². The molecule has 0 saturated heterocycles.